The van der Waals surface area contributed by atoms with Gasteiger partial charge in [-0.2, -0.15) is 5.10 Å². The Morgan fingerprint density at radius 1 is 0.850 bits per heavy atom. The summed E-state index contributed by atoms with van der Waals surface area (Å²) in [5, 5.41) is 29.5. The zero-order chi connectivity index (χ0) is 30.1. The number of hydrazone groups is 1. The molecule has 0 radical (unpaired) electrons. The van der Waals surface area contributed by atoms with Crippen molar-refractivity contribution in [2.24, 2.45) is 10.9 Å². The lowest BCUT2D eigenvalue weighted by Gasteiger charge is -2.31. The molecule has 0 aliphatic rings. The van der Waals surface area contributed by atoms with E-state index in [1.165, 1.54) is 6.07 Å². The van der Waals surface area contributed by atoms with E-state index in [1.54, 1.807) is 23.2 Å². The number of phenols is 1. The molecule has 2 aromatic rings. The molecule has 11 heteroatoms. The smallest absolute Gasteiger partial charge is 0.328 e. The van der Waals surface area contributed by atoms with Gasteiger partial charge in [-0.15, -0.1) is 0 Å². The monoisotopic (exact) mass is 557 g/mol. The number of phenolic OH excluding ortho intramolecular Hbond substituents is 1. The molecule has 0 aliphatic heterocycles. The number of amides is 1. The van der Waals surface area contributed by atoms with Gasteiger partial charge in [-0.3, -0.25) is 4.79 Å². The molecule has 0 saturated carbocycles. The Morgan fingerprint density at radius 2 is 1.35 bits per heavy atom. The first-order valence-electron chi connectivity index (χ1n) is 12.8. The number of carboxylic acids is 2. The summed E-state index contributed by atoms with van der Waals surface area (Å²) in [6.45, 7) is 9.02. The SMILES string of the molecule is CC(C)N(C(=O)c1ccc(OCCCCCOc2ccc(C=NN)cc2)cc1O)C(C)C.O=C(O)C=CC(=O)O. The van der Waals surface area contributed by atoms with Crippen molar-refractivity contribution in [1.29, 1.82) is 0 Å². The molecule has 2 aromatic carbocycles. The molecule has 0 spiro atoms. The van der Waals surface area contributed by atoms with Gasteiger partial charge in [0, 0.05) is 30.3 Å². The molecule has 11 nitrogen and oxygen atoms in total. The van der Waals surface area contributed by atoms with Crippen LogP contribution in [0.3, 0.4) is 0 Å². The summed E-state index contributed by atoms with van der Waals surface area (Å²) >= 11 is 0. The predicted octanol–water partition coefficient (Wildman–Crippen LogP) is 4.28. The van der Waals surface area contributed by atoms with E-state index in [1.807, 2.05) is 52.0 Å². The number of unbranched alkanes of at least 4 members (excludes halogenated alkanes) is 2. The number of carboxylic acid groups (broad SMARTS) is 2. The number of nitrogens with zero attached hydrogens (tertiary/aromatic N) is 2. The van der Waals surface area contributed by atoms with Crippen LogP contribution in [0.5, 0.6) is 17.2 Å². The van der Waals surface area contributed by atoms with Gasteiger partial charge < -0.3 is 35.5 Å². The zero-order valence-electron chi connectivity index (χ0n) is 23.3. The van der Waals surface area contributed by atoms with Gasteiger partial charge in [-0.1, -0.05) is 0 Å². The van der Waals surface area contributed by atoms with Crippen molar-refractivity contribution in [2.45, 2.75) is 59.0 Å². The second-order valence-corrected chi connectivity index (χ2v) is 9.19. The van der Waals surface area contributed by atoms with Gasteiger partial charge in [0.15, 0.2) is 0 Å². The van der Waals surface area contributed by atoms with E-state index in [4.69, 9.17) is 25.5 Å². The Bertz CT molecular complexity index is 1120. The van der Waals surface area contributed by atoms with Crippen LogP contribution >= 0.6 is 0 Å². The fourth-order valence-corrected chi connectivity index (χ4v) is 3.63. The lowest BCUT2D eigenvalue weighted by molar-refractivity contribution is -0.134. The van der Waals surface area contributed by atoms with Crippen LogP contribution in [-0.2, 0) is 9.59 Å². The Kier molecular flexibility index (Phi) is 15.0. The minimum Gasteiger partial charge on any atom is -0.507 e. The first-order chi connectivity index (χ1) is 19.0. The van der Waals surface area contributed by atoms with Crippen molar-refractivity contribution in [2.75, 3.05) is 13.2 Å². The molecule has 0 aliphatic carbocycles. The van der Waals surface area contributed by atoms with E-state index in [-0.39, 0.29) is 23.7 Å². The molecule has 0 saturated heterocycles. The number of rotatable bonds is 14. The van der Waals surface area contributed by atoms with Crippen LogP contribution in [0.2, 0.25) is 0 Å². The molecular weight excluding hydrogens is 518 g/mol. The van der Waals surface area contributed by atoms with E-state index >= 15 is 0 Å². The normalized spacial score (nSPS) is 10.9. The number of hydrogen-bond donors (Lipinski definition) is 4. The van der Waals surface area contributed by atoms with E-state index in [0.29, 0.717) is 36.7 Å². The predicted molar refractivity (Wildman–Crippen MR) is 152 cm³/mol. The first kappa shape index (κ1) is 33.5. The largest absolute Gasteiger partial charge is 0.507 e. The third kappa shape index (κ3) is 12.8. The number of benzene rings is 2. The molecule has 0 unspecified atom stereocenters. The number of carbonyl (C=O) groups excluding carboxylic acids is 1. The minimum absolute atomic E-state index is 0.0479. The van der Waals surface area contributed by atoms with Crippen molar-refractivity contribution in [3.8, 4) is 17.2 Å². The summed E-state index contributed by atoms with van der Waals surface area (Å²) in [4.78, 5) is 33.6. The summed E-state index contributed by atoms with van der Waals surface area (Å²) in [5.41, 5.74) is 1.22. The summed E-state index contributed by atoms with van der Waals surface area (Å²) in [7, 11) is 0. The molecular formula is C29H39N3O8. The van der Waals surface area contributed by atoms with Crippen molar-refractivity contribution in [3.63, 3.8) is 0 Å². The van der Waals surface area contributed by atoms with Crippen molar-refractivity contribution in [1.82, 2.24) is 4.90 Å². The molecule has 0 atom stereocenters. The van der Waals surface area contributed by atoms with Crippen LogP contribution in [0.15, 0.2) is 59.7 Å². The maximum Gasteiger partial charge on any atom is 0.328 e. The number of nitrogens with two attached hydrogens (primary N) is 1. The number of hydrogen-bond acceptors (Lipinski definition) is 8. The van der Waals surface area contributed by atoms with Crippen LogP contribution in [0, 0.1) is 0 Å². The third-order valence-electron chi connectivity index (χ3n) is 5.35. The average molecular weight is 558 g/mol. The fourth-order valence-electron chi connectivity index (χ4n) is 3.63. The fraction of sp³-hybridized carbons (Fsp3) is 0.379. The zero-order valence-corrected chi connectivity index (χ0v) is 23.3. The van der Waals surface area contributed by atoms with Gasteiger partial charge in [0.1, 0.15) is 17.2 Å². The Hall–Kier alpha value is -4.54. The molecule has 5 N–H and O–H groups in total. The highest BCUT2D eigenvalue weighted by molar-refractivity contribution is 5.97. The van der Waals surface area contributed by atoms with Gasteiger partial charge in [-0.25, -0.2) is 9.59 Å². The summed E-state index contributed by atoms with van der Waals surface area (Å²) < 4.78 is 11.5. The number of ether oxygens (including phenoxy) is 2. The van der Waals surface area contributed by atoms with Gasteiger partial charge in [0.25, 0.3) is 5.91 Å². The van der Waals surface area contributed by atoms with E-state index in [2.05, 4.69) is 5.10 Å². The summed E-state index contributed by atoms with van der Waals surface area (Å²) in [6, 6.07) is 12.5. The Labute approximate surface area is 234 Å². The van der Waals surface area contributed by atoms with E-state index < -0.39 is 11.9 Å². The number of aromatic hydroxyl groups is 1. The van der Waals surface area contributed by atoms with Crippen molar-refractivity contribution < 1.29 is 39.2 Å². The van der Waals surface area contributed by atoms with Crippen LogP contribution in [0.4, 0.5) is 0 Å². The van der Waals surface area contributed by atoms with Gasteiger partial charge in [0.2, 0.25) is 0 Å². The van der Waals surface area contributed by atoms with Crippen LogP contribution < -0.4 is 15.3 Å². The van der Waals surface area contributed by atoms with Crippen LogP contribution in [-0.4, -0.2) is 69.6 Å². The molecule has 0 bridgehead atoms. The molecule has 1 amide bonds. The van der Waals surface area contributed by atoms with Gasteiger partial charge >= 0.3 is 11.9 Å². The standard InChI is InChI=1S/C25H35N3O4.C4H4O4/c1-18(2)28(19(3)4)25(30)23-13-12-22(16-24(23)29)32-15-7-5-6-14-31-21-10-8-20(9-11-21)17-27-26;5-3(6)1-2-4(7)8/h8-13,16-19,29H,5-7,14-15,26H2,1-4H3;1-2H,(H,5,6)(H,7,8). The molecule has 40 heavy (non-hydrogen) atoms. The highest BCUT2D eigenvalue weighted by atomic mass is 16.5. The second kappa shape index (κ2) is 17.9. The number of aliphatic carboxylic acids is 2. The minimum atomic E-state index is -1.26. The quantitative estimate of drug-likeness (QED) is 0.0869. The lowest BCUT2D eigenvalue weighted by Crippen LogP contribution is -2.42. The third-order valence-corrected chi connectivity index (χ3v) is 5.35. The Morgan fingerprint density at radius 3 is 1.80 bits per heavy atom. The van der Waals surface area contributed by atoms with E-state index in [0.717, 1.165) is 30.6 Å². The van der Waals surface area contributed by atoms with E-state index in [9.17, 15) is 19.5 Å². The van der Waals surface area contributed by atoms with Crippen LogP contribution in [0.1, 0.15) is 62.9 Å². The molecule has 0 heterocycles. The molecule has 218 valence electrons. The van der Waals surface area contributed by atoms with Gasteiger partial charge in [0.05, 0.1) is 25.0 Å². The summed E-state index contributed by atoms with van der Waals surface area (Å²) in [6.07, 6.45) is 5.43. The molecule has 2 rings (SSSR count). The van der Waals surface area contributed by atoms with Gasteiger partial charge in [-0.05, 0) is 88.9 Å². The maximum atomic E-state index is 12.8. The number of carbonyl (C=O) groups is 3. The topological polar surface area (TPSA) is 172 Å². The van der Waals surface area contributed by atoms with Crippen LogP contribution in [0.25, 0.3) is 0 Å². The maximum absolute atomic E-state index is 12.8. The highest BCUT2D eigenvalue weighted by Gasteiger charge is 2.24. The lowest BCUT2D eigenvalue weighted by atomic mass is 10.1. The van der Waals surface area contributed by atoms with Crippen molar-refractivity contribution in [3.05, 3.63) is 65.7 Å². The molecule has 0 aromatic heterocycles. The Balaban J connectivity index is 0.000000869. The van der Waals surface area contributed by atoms with Crippen molar-refractivity contribution >= 4 is 24.1 Å². The molecule has 0 fully saturated rings. The highest BCUT2D eigenvalue weighted by Crippen LogP contribution is 2.26. The summed E-state index contributed by atoms with van der Waals surface area (Å²) in [5.74, 6) is 3.74. The first-order valence-corrected chi connectivity index (χ1v) is 12.8. The second-order valence-electron chi connectivity index (χ2n) is 9.19. The average Bonchev–Trinajstić information content (AvgIpc) is 2.88.